The molecule has 3 aliphatic carbocycles. The predicted molar refractivity (Wildman–Crippen MR) is 37.9 cm³/mol. The highest BCUT2D eigenvalue weighted by Gasteiger charge is 2.65. The van der Waals surface area contributed by atoms with E-state index in [4.69, 9.17) is 0 Å². The van der Waals surface area contributed by atoms with E-state index >= 15 is 0 Å². The van der Waals surface area contributed by atoms with Gasteiger partial charge in [-0.1, -0.05) is 0 Å². The first-order valence-corrected chi connectivity index (χ1v) is 4.32. The van der Waals surface area contributed by atoms with Gasteiger partial charge in [0.2, 0.25) is 0 Å². The van der Waals surface area contributed by atoms with Gasteiger partial charge in [0, 0.05) is 12.3 Å². The first-order chi connectivity index (χ1) is 5.24. The van der Waals surface area contributed by atoms with Gasteiger partial charge in [-0.3, -0.25) is 9.59 Å². The fraction of sp³-hybridized carbons (Fsp3) is 0.778. The Morgan fingerprint density at radius 2 is 2.00 bits per heavy atom. The molecule has 2 atom stereocenters. The second-order valence-corrected chi connectivity index (χ2v) is 4.18. The molecule has 3 saturated carbocycles. The lowest BCUT2D eigenvalue weighted by Gasteiger charge is -2.16. The minimum Gasteiger partial charge on any atom is -0.299 e. The first kappa shape index (κ1) is 5.92. The maximum atomic E-state index is 11.5. The van der Waals surface area contributed by atoms with Crippen LogP contribution >= 0.6 is 0 Å². The fourth-order valence-corrected chi connectivity index (χ4v) is 2.37. The van der Waals surface area contributed by atoms with Crippen LogP contribution in [0.25, 0.3) is 0 Å². The van der Waals surface area contributed by atoms with Crippen molar-refractivity contribution < 1.29 is 9.59 Å². The number of ketones is 2. The highest BCUT2D eigenvalue weighted by Crippen LogP contribution is 2.61. The molecule has 2 heteroatoms. The van der Waals surface area contributed by atoms with E-state index in [9.17, 15) is 9.59 Å². The van der Waals surface area contributed by atoms with Crippen molar-refractivity contribution in [1.82, 2.24) is 0 Å². The molecule has 1 spiro atoms. The van der Waals surface area contributed by atoms with Crippen LogP contribution in [0.5, 0.6) is 0 Å². The van der Waals surface area contributed by atoms with Crippen molar-refractivity contribution in [2.75, 3.05) is 0 Å². The molecule has 2 nitrogen and oxygen atoms in total. The molecule has 3 fully saturated rings. The van der Waals surface area contributed by atoms with Crippen LogP contribution in [-0.4, -0.2) is 11.6 Å². The Balaban J connectivity index is 2.02. The molecule has 0 amide bonds. The second-order valence-electron chi connectivity index (χ2n) is 4.18. The lowest BCUT2D eigenvalue weighted by molar-refractivity contribution is -0.138. The average Bonchev–Trinajstić information content (AvgIpc) is 2.80. The van der Waals surface area contributed by atoms with E-state index in [0.717, 1.165) is 19.3 Å². The largest absolute Gasteiger partial charge is 0.299 e. The van der Waals surface area contributed by atoms with Crippen LogP contribution < -0.4 is 0 Å². The van der Waals surface area contributed by atoms with Crippen molar-refractivity contribution >= 4 is 11.6 Å². The smallest absolute Gasteiger partial charge is 0.149 e. The van der Waals surface area contributed by atoms with Crippen LogP contribution in [0.1, 0.15) is 25.7 Å². The number of carbonyl (C=O) groups excluding carboxylic acids is 2. The zero-order chi connectivity index (χ0) is 7.64. The van der Waals surface area contributed by atoms with E-state index in [1.165, 1.54) is 0 Å². The Labute approximate surface area is 65.0 Å². The van der Waals surface area contributed by atoms with Crippen LogP contribution in [0.15, 0.2) is 0 Å². The van der Waals surface area contributed by atoms with Crippen molar-refractivity contribution in [3.05, 3.63) is 0 Å². The van der Waals surface area contributed by atoms with Crippen molar-refractivity contribution in [1.29, 1.82) is 0 Å². The molecule has 0 aliphatic heterocycles. The van der Waals surface area contributed by atoms with Crippen LogP contribution in [0, 0.1) is 17.3 Å². The summed E-state index contributed by atoms with van der Waals surface area (Å²) in [4.78, 5) is 22.9. The zero-order valence-electron chi connectivity index (χ0n) is 6.30. The Morgan fingerprint density at radius 1 is 1.27 bits per heavy atom. The second kappa shape index (κ2) is 1.43. The first-order valence-electron chi connectivity index (χ1n) is 4.32. The topological polar surface area (TPSA) is 34.1 Å². The molecule has 0 aromatic heterocycles. The van der Waals surface area contributed by atoms with Crippen molar-refractivity contribution in [2.45, 2.75) is 25.7 Å². The third-order valence-electron chi connectivity index (χ3n) is 3.46. The summed E-state index contributed by atoms with van der Waals surface area (Å²) in [7, 11) is 0. The highest BCUT2D eigenvalue weighted by atomic mass is 16.2. The highest BCUT2D eigenvalue weighted by molar-refractivity contribution is 6.14. The normalized spacial score (nSPS) is 44.0. The molecule has 0 bridgehead atoms. The number of carbonyl (C=O) groups is 2. The molecule has 58 valence electrons. The van der Waals surface area contributed by atoms with E-state index in [0.29, 0.717) is 24.0 Å². The molecule has 11 heavy (non-hydrogen) atoms. The van der Waals surface area contributed by atoms with Crippen LogP contribution in [0.3, 0.4) is 0 Å². The molecule has 0 aromatic carbocycles. The van der Waals surface area contributed by atoms with E-state index in [2.05, 4.69) is 0 Å². The van der Waals surface area contributed by atoms with Gasteiger partial charge in [-0.15, -0.1) is 0 Å². The number of rotatable bonds is 0. The zero-order valence-corrected chi connectivity index (χ0v) is 6.30. The Morgan fingerprint density at radius 3 is 2.64 bits per heavy atom. The molecule has 0 aromatic rings. The van der Waals surface area contributed by atoms with Crippen molar-refractivity contribution in [3.63, 3.8) is 0 Å². The summed E-state index contributed by atoms with van der Waals surface area (Å²) in [6, 6.07) is 0. The lowest BCUT2D eigenvalue weighted by Crippen LogP contribution is -2.32. The molecule has 0 saturated heterocycles. The maximum absolute atomic E-state index is 11.5. The van der Waals surface area contributed by atoms with E-state index in [1.54, 1.807) is 0 Å². The molecular formula is C9H10O2. The monoisotopic (exact) mass is 150 g/mol. The molecule has 0 radical (unpaired) electrons. The van der Waals surface area contributed by atoms with Gasteiger partial charge in [-0.2, -0.15) is 0 Å². The van der Waals surface area contributed by atoms with Gasteiger partial charge in [-0.05, 0) is 25.2 Å². The number of hydrogen-bond donors (Lipinski definition) is 0. The SMILES string of the molecule is O=C1CC2CC2C(=O)C12CC2. The minimum absolute atomic E-state index is 0.251. The van der Waals surface area contributed by atoms with Gasteiger partial charge >= 0.3 is 0 Å². The summed E-state index contributed by atoms with van der Waals surface area (Å²) in [5, 5.41) is 0. The van der Waals surface area contributed by atoms with Crippen LogP contribution in [-0.2, 0) is 9.59 Å². The predicted octanol–water partition coefficient (Wildman–Crippen LogP) is 0.945. The third kappa shape index (κ3) is 0.547. The fourth-order valence-electron chi connectivity index (χ4n) is 2.37. The van der Waals surface area contributed by atoms with E-state index < -0.39 is 5.41 Å². The van der Waals surface area contributed by atoms with Crippen LogP contribution in [0.4, 0.5) is 0 Å². The minimum atomic E-state index is -0.419. The summed E-state index contributed by atoms with van der Waals surface area (Å²) in [5.41, 5.74) is -0.419. The molecular weight excluding hydrogens is 140 g/mol. The number of Topliss-reactive ketones (excluding diaryl/α,β-unsaturated/α-hetero) is 2. The summed E-state index contributed by atoms with van der Waals surface area (Å²) in [6.07, 6.45) is 3.42. The summed E-state index contributed by atoms with van der Waals surface area (Å²) < 4.78 is 0. The number of hydrogen-bond acceptors (Lipinski definition) is 2. The van der Waals surface area contributed by atoms with Gasteiger partial charge in [0.25, 0.3) is 0 Å². The Bertz CT molecular complexity index is 263. The lowest BCUT2D eigenvalue weighted by atomic mass is 9.84. The van der Waals surface area contributed by atoms with Crippen LogP contribution in [0.2, 0.25) is 0 Å². The molecule has 0 heterocycles. The van der Waals surface area contributed by atoms with Gasteiger partial charge in [-0.25, -0.2) is 0 Å². The summed E-state index contributed by atoms with van der Waals surface area (Å²) >= 11 is 0. The van der Waals surface area contributed by atoms with Gasteiger partial charge in [0.05, 0.1) is 5.41 Å². The van der Waals surface area contributed by atoms with Gasteiger partial charge in [0.1, 0.15) is 11.6 Å². The van der Waals surface area contributed by atoms with E-state index in [-0.39, 0.29) is 5.78 Å². The summed E-state index contributed by atoms with van der Waals surface area (Å²) in [5.74, 6) is 1.30. The van der Waals surface area contributed by atoms with Gasteiger partial charge < -0.3 is 0 Å². The molecule has 3 aliphatic rings. The average molecular weight is 150 g/mol. The summed E-state index contributed by atoms with van der Waals surface area (Å²) in [6.45, 7) is 0. The Hall–Kier alpha value is -0.660. The standard InChI is InChI=1S/C9H10O2/c10-7-4-5-3-6(5)8(11)9(7)1-2-9/h5-6H,1-4H2. The molecule has 3 rings (SSSR count). The van der Waals surface area contributed by atoms with Crippen molar-refractivity contribution in [3.8, 4) is 0 Å². The maximum Gasteiger partial charge on any atom is 0.149 e. The Kier molecular flexibility index (Phi) is 0.768. The third-order valence-corrected chi connectivity index (χ3v) is 3.46. The molecule has 0 N–H and O–H groups in total. The number of fused-ring (bicyclic) bond motifs is 1. The quantitative estimate of drug-likeness (QED) is 0.482. The molecule has 2 unspecified atom stereocenters. The van der Waals surface area contributed by atoms with Gasteiger partial charge in [0.15, 0.2) is 0 Å². The van der Waals surface area contributed by atoms with E-state index in [1.807, 2.05) is 0 Å². The van der Waals surface area contributed by atoms with Crippen molar-refractivity contribution in [2.24, 2.45) is 17.3 Å².